The first-order valence-corrected chi connectivity index (χ1v) is 4.21. The number of rotatable bonds is 2. The number of carboxylic acids is 1. The molecule has 0 atom stereocenters. The van der Waals surface area contributed by atoms with E-state index in [4.69, 9.17) is 15.6 Å². The summed E-state index contributed by atoms with van der Waals surface area (Å²) < 4.78 is 0. The Balaban J connectivity index is 0.000000364. The molecule has 76 valence electrons. The van der Waals surface area contributed by atoms with E-state index in [1.807, 2.05) is 30.3 Å². The summed E-state index contributed by atoms with van der Waals surface area (Å²) in [5.41, 5.74) is 7.56. The third-order valence-corrected chi connectivity index (χ3v) is 1.36. The van der Waals surface area contributed by atoms with Gasteiger partial charge in [0.2, 0.25) is 0 Å². The quantitative estimate of drug-likeness (QED) is 0.558. The molecule has 0 aliphatic carbocycles. The molecule has 1 rings (SSSR count). The molecule has 1 aromatic carbocycles. The molecule has 3 heteroatoms. The van der Waals surface area contributed by atoms with Crippen LogP contribution in [0.5, 0.6) is 0 Å². The summed E-state index contributed by atoms with van der Waals surface area (Å²) in [6.07, 6.45) is 2.80. The summed E-state index contributed by atoms with van der Waals surface area (Å²) in [6, 6.07) is 7.83. The highest BCUT2D eigenvalue weighted by Crippen LogP contribution is 2.05. The van der Waals surface area contributed by atoms with Gasteiger partial charge in [0.1, 0.15) is 0 Å². The Kier molecular flexibility index (Phi) is 5.87. The summed E-state index contributed by atoms with van der Waals surface area (Å²) in [6.45, 7) is 4.73. The van der Waals surface area contributed by atoms with Crippen molar-refractivity contribution in [1.82, 2.24) is 0 Å². The number of anilines is 1. The molecule has 3 N–H and O–H groups in total. The smallest absolute Gasteiger partial charge is 0.300 e. The maximum atomic E-state index is 9.00. The van der Waals surface area contributed by atoms with Gasteiger partial charge in [-0.15, -0.1) is 6.58 Å². The van der Waals surface area contributed by atoms with Crippen molar-refractivity contribution in [3.05, 3.63) is 42.5 Å². The molecule has 0 radical (unpaired) electrons. The summed E-state index contributed by atoms with van der Waals surface area (Å²) >= 11 is 0. The second-order valence-corrected chi connectivity index (χ2v) is 2.75. The standard InChI is InChI=1S/C9H11N.C2H4O2/c1-2-3-8-4-6-9(10)7-5-8;1-2(3)4/h2,4-7H,1,3,10H2;1H3,(H,3,4). The molecule has 0 aliphatic rings. The van der Waals surface area contributed by atoms with Crippen molar-refractivity contribution in [2.45, 2.75) is 13.3 Å². The first kappa shape index (κ1) is 12.2. The number of nitrogen functional groups attached to an aromatic ring is 1. The molecule has 0 aromatic heterocycles. The molecular weight excluding hydrogens is 178 g/mol. The van der Waals surface area contributed by atoms with Gasteiger partial charge in [-0.25, -0.2) is 0 Å². The molecule has 0 saturated carbocycles. The molecule has 0 bridgehead atoms. The fourth-order valence-corrected chi connectivity index (χ4v) is 0.820. The van der Waals surface area contributed by atoms with E-state index >= 15 is 0 Å². The van der Waals surface area contributed by atoms with Crippen LogP contribution < -0.4 is 5.73 Å². The predicted octanol–water partition coefficient (Wildman–Crippen LogP) is 2.09. The van der Waals surface area contributed by atoms with Crippen LogP contribution >= 0.6 is 0 Å². The number of carboxylic acid groups (broad SMARTS) is 1. The second kappa shape index (κ2) is 6.71. The molecule has 1 aromatic rings. The normalized spacial score (nSPS) is 8.36. The first-order valence-electron chi connectivity index (χ1n) is 4.21. The first-order chi connectivity index (χ1) is 6.56. The second-order valence-electron chi connectivity index (χ2n) is 2.75. The molecule has 0 heterocycles. The Morgan fingerprint density at radius 2 is 1.93 bits per heavy atom. The Morgan fingerprint density at radius 1 is 1.50 bits per heavy atom. The van der Waals surface area contributed by atoms with Gasteiger partial charge >= 0.3 is 0 Å². The van der Waals surface area contributed by atoms with Crippen LogP contribution in [0.3, 0.4) is 0 Å². The van der Waals surface area contributed by atoms with Gasteiger partial charge in [-0.05, 0) is 24.1 Å². The Labute approximate surface area is 83.9 Å². The Morgan fingerprint density at radius 3 is 2.29 bits per heavy atom. The lowest BCUT2D eigenvalue weighted by molar-refractivity contribution is -0.134. The van der Waals surface area contributed by atoms with E-state index in [1.165, 1.54) is 5.56 Å². The van der Waals surface area contributed by atoms with Crippen LogP contribution in [-0.4, -0.2) is 11.1 Å². The maximum Gasteiger partial charge on any atom is 0.300 e. The monoisotopic (exact) mass is 193 g/mol. The predicted molar refractivity (Wildman–Crippen MR) is 58.1 cm³/mol. The van der Waals surface area contributed by atoms with Crippen LogP contribution in [0, 0.1) is 0 Å². The van der Waals surface area contributed by atoms with E-state index in [9.17, 15) is 0 Å². The minimum Gasteiger partial charge on any atom is -0.481 e. The lowest BCUT2D eigenvalue weighted by Crippen LogP contribution is -1.84. The maximum absolute atomic E-state index is 9.00. The minimum absolute atomic E-state index is 0.813. The van der Waals surface area contributed by atoms with E-state index in [-0.39, 0.29) is 0 Å². The van der Waals surface area contributed by atoms with Crippen molar-refractivity contribution in [1.29, 1.82) is 0 Å². The topological polar surface area (TPSA) is 63.3 Å². The van der Waals surface area contributed by atoms with E-state index in [0.29, 0.717) is 0 Å². The average molecular weight is 193 g/mol. The number of aliphatic carboxylic acids is 1. The highest BCUT2D eigenvalue weighted by atomic mass is 16.4. The van der Waals surface area contributed by atoms with E-state index in [2.05, 4.69) is 6.58 Å². The highest BCUT2D eigenvalue weighted by molar-refractivity contribution is 5.62. The molecule has 3 nitrogen and oxygen atoms in total. The van der Waals surface area contributed by atoms with Gasteiger partial charge in [-0.3, -0.25) is 4.79 Å². The molecule has 0 aliphatic heterocycles. The molecule has 0 fully saturated rings. The van der Waals surface area contributed by atoms with E-state index in [1.54, 1.807) is 0 Å². The lowest BCUT2D eigenvalue weighted by atomic mass is 10.1. The molecule has 0 amide bonds. The van der Waals surface area contributed by atoms with Crippen LogP contribution in [-0.2, 0) is 11.2 Å². The molecule has 0 spiro atoms. The SMILES string of the molecule is C=CCc1ccc(N)cc1.CC(=O)O. The van der Waals surface area contributed by atoms with Crippen molar-refractivity contribution < 1.29 is 9.90 Å². The molecule has 0 unspecified atom stereocenters. The van der Waals surface area contributed by atoms with Gasteiger partial charge in [-0.1, -0.05) is 18.2 Å². The van der Waals surface area contributed by atoms with Gasteiger partial charge in [-0.2, -0.15) is 0 Å². The summed E-state index contributed by atoms with van der Waals surface area (Å²) in [4.78, 5) is 9.00. The van der Waals surface area contributed by atoms with E-state index in [0.717, 1.165) is 19.0 Å². The van der Waals surface area contributed by atoms with E-state index < -0.39 is 5.97 Å². The molecule has 0 saturated heterocycles. The number of carbonyl (C=O) groups is 1. The van der Waals surface area contributed by atoms with Gasteiger partial charge < -0.3 is 10.8 Å². The number of benzene rings is 1. The summed E-state index contributed by atoms with van der Waals surface area (Å²) in [7, 11) is 0. The van der Waals surface area contributed by atoms with Crippen molar-refractivity contribution in [2.24, 2.45) is 0 Å². The number of hydrogen-bond acceptors (Lipinski definition) is 2. The highest BCUT2D eigenvalue weighted by Gasteiger charge is 1.86. The fraction of sp³-hybridized carbons (Fsp3) is 0.182. The number of hydrogen-bond donors (Lipinski definition) is 2. The third kappa shape index (κ3) is 6.91. The summed E-state index contributed by atoms with van der Waals surface area (Å²) in [5.74, 6) is -0.833. The fourth-order valence-electron chi connectivity index (χ4n) is 0.820. The number of nitrogens with two attached hydrogens (primary N) is 1. The van der Waals surface area contributed by atoms with Gasteiger partial charge in [0, 0.05) is 12.6 Å². The van der Waals surface area contributed by atoms with Crippen LogP contribution in [0.15, 0.2) is 36.9 Å². The van der Waals surface area contributed by atoms with Crippen LogP contribution in [0.1, 0.15) is 12.5 Å². The average Bonchev–Trinajstić information content (AvgIpc) is 2.08. The zero-order chi connectivity index (χ0) is 11.0. The van der Waals surface area contributed by atoms with Crippen molar-refractivity contribution >= 4 is 11.7 Å². The van der Waals surface area contributed by atoms with Crippen LogP contribution in [0.25, 0.3) is 0 Å². The van der Waals surface area contributed by atoms with Gasteiger partial charge in [0.05, 0.1) is 0 Å². The van der Waals surface area contributed by atoms with Crippen LogP contribution in [0.2, 0.25) is 0 Å². The zero-order valence-corrected chi connectivity index (χ0v) is 8.23. The number of allylic oxidation sites excluding steroid dienone is 1. The molecule has 14 heavy (non-hydrogen) atoms. The minimum atomic E-state index is -0.833. The third-order valence-electron chi connectivity index (χ3n) is 1.36. The van der Waals surface area contributed by atoms with Crippen molar-refractivity contribution in [3.8, 4) is 0 Å². The summed E-state index contributed by atoms with van der Waals surface area (Å²) in [5, 5.41) is 7.42. The Hall–Kier alpha value is -1.77. The van der Waals surface area contributed by atoms with Gasteiger partial charge in [0.25, 0.3) is 5.97 Å². The van der Waals surface area contributed by atoms with Gasteiger partial charge in [0.15, 0.2) is 0 Å². The largest absolute Gasteiger partial charge is 0.481 e. The Bertz CT molecular complexity index is 287. The molecular formula is C11H15NO2. The van der Waals surface area contributed by atoms with Crippen LogP contribution in [0.4, 0.5) is 5.69 Å². The van der Waals surface area contributed by atoms with Crippen molar-refractivity contribution in [3.63, 3.8) is 0 Å². The lowest BCUT2D eigenvalue weighted by Gasteiger charge is -1.95. The van der Waals surface area contributed by atoms with Crippen molar-refractivity contribution in [2.75, 3.05) is 5.73 Å². The zero-order valence-electron chi connectivity index (χ0n) is 8.23.